The molecule has 100 valence electrons. The lowest BCUT2D eigenvalue weighted by Gasteiger charge is -2.27. The third-order valence-corrected chi connectivity index (χ3v) is 2.92. The highest BCUT2D eigenvalue weighted by Gasteiger charge is 2.26. The fourth-order valence-corrected chi connectivity index (χ4v) is 1.12. The summed E-state index contributed by atoms with van der Waals surface area (Å²) < 4.78 is 4.84. The quantitative estimate of drug-likeness (QED) is 0.732. The van der Waals surface area contributed by atoms with Crippen LogP contribution in [0, 0.1) is 5.92 Å². The summed E-state index contributed by atoms with van der Waals surface area (Å²) in [6, 6.07) is 1.14. The Kier molecular flexibility index (Phi) is 4.13. The van der Waals surface area contributed by atoms with E-state index in [1.807, 2.05) is 13.8 Å². The Bertz CT molecular complexity index is 447. The molecule has 6 nitrogen and oxygen atoms in total. The minimum absolute atomic E-state index is 0.0241. The second-order valence-electron chi connectivity index (χ2n) is 4.70. The molecule has 0 aromatic carbocycles. The van der Waals surface area contributed by atoms with Crippen LogP contribution in [-0.2, 0) is 0 Å². The van der Waals surface area contributed by atoms with Crippen molar-refractivity contribution in [3.63, 3.8) is 0 Å². The molecule has 0 fully saturated rings. The summed E-state index contributed by atoms with van der Waals surface area (Å²) in [7, 11) is 0. The number of carboxylic acids is 1. The maximum Gasteiger partial charge on any atom is 0.338 e. The second-order valence-corrected chi connectivity index (χ2v) is 4.70. The number of carbonyl (C=O) groups excluding carboxylic acids is 1. The number of amides is 1. The summed E-state index contributed by atoms with van der Waals surface area (Å²) in [5.74, 6) is -1.83. The number of hydrogen-bond acceptors (Lipinski definition) is 4. The molecule has 0 saturated heterocycles. The predicted molar refractivity (Wildman–Crippen MR) is 63.5 cm³/mol. The maximum atomic E-state index is 11.6. The molecule has 1 rings (SSSR count). The second kappa shape index (κ2) is 5.22. The van der Waals surface area contributed by atoms with Gasteiger partial charge in [0.15, 0.2) is 5.76 Å². The van der Waals surface area contributed by atoms with Crippen LogP contribution in [0.4, 0.5) is 0 Å². The number of furan rings is 1. The molecule has 1 aromatic rings. The Morgan fingerprint density at radius 3 is 2.56 bits per heavy atom. The molecule has 1 atom stereocenters. The van der Waals surface area contributed by atoms with E-state index < -0.39 is 17.5 Å². The zero-order chi connectivity index (χ0) is 13.9. The van der Waals surface area contributed by atoms with Crippen LogP contribution in [0.2, 0.25) is 0 Å². The van der Waals surface area contributed by atoms with Gasteiger partial charge in [-0.1, -0.05) is 13.8 Å². The van der Waals surface area contributed by atoms with Crippen LogP contribution in [0.1, 0.15) is 41.7 Å². The summed E-state index contributed by atoms with van der Waals surface area (Å²) in [5, 5.41) is 21.1. The van der Waals surface area contributed by atoms with Crippen molar-refractivity contribution >= 4 is 11.9 Å². The number of rotatable bonds is 5. The first-order valence-electron chi connectivity index (χ1n) is 5.56. The average molecular weight is 255 g/mol. The van der Waals surface area contributed by atoms with Gasteiger partial charge in [-0.2, -0.15) is 0 Å². The number of carboxylic acid groups (broad SMARTS) is 1. The normalized spacial score (nSPS) is 14.3. The Balaban J connectivity index is 2.63. The van der Waals surface area contributed by atoms with Gasteiger partial charge >= 0.3 is 5.97 Å². The SMILES string of the molecule is CC(C)C(C)(O)CNC(=O)c1cc(C(=O)O)co1. The topological polar surface area (TPSA) is 99.8 Å². The molecule has 1 unspecified atom stereocenters. The monoisotopic (exact) mass is 255 g/mol. The zero-order valence-electron chi connectivity index (χ0n) is 10.6. The van der Waals surface area contributed by atoms with Crippen LogP contribution in [0.15, 0.2) is 16.7 Å². The molecule has 0 saturated carbocycles. The fraction of sp³-hybridized carbons (Fsp3) is 0.500. The van der Waals surface area contributed by atoms with Crippen LogP contribution in [0.3, 0.4) is 0 Å². The molecule has 0 radical (unpaired) electrons. The van der Waals surface area contributed by atoms with E-state index in [1.165, 1.54) is 0 Å². The Hall–Kier alpha value is -1.82. The Labute approximate surface area is 105 Å². The first-order chi connectivity index (χ1) is 8.24. The number of aliphatic hydroxyl groups is 1. The smallest absolute Gasteiger partial charge is 0.338 e. The largest absolute Gasteiger partial charge is 0.478 e. The molecule has 0 aliphatic rings. The van der Waals surface area contributed by atoms with E-state index in [0.29, 0.717) is 0 Å². The van der Waals surface area contributed by atoms with E-state index in [0.717, 1.165) is 12.3 Å². The van der Waals surface area contributed by atoms with E-state index in [9.17, 15) is 14.7 Å². The van der Waals surface area contributed by atoms with Gasteiger partial charge in [-0.15, -0.1) is 0 Å². The van der Waals surface area contributed by atoms with E-state index in [1.54, 1.807) is 6.92 Å². The predicted octanol–water partition coefficient (Wildman–Crippen LogP) is 1.11. The average Bonchev–Trinajstić information content (AvgIpc) is 2.75. The highest BCUT2D eigenvalue weighted by molar-refractivity contribution is 5.95. The first kappa shape index (κ1) is 14.2. The first-order valence-corrected chi connectivity index (χ1v) is 5.56. The standard InChI is InChI=1S/C12H17NO5/c1-7(2)12(3,17)6-13-10(14)9-4-8(5-18-9)11(15)16/h4-5,7,17H,6H2,1-3H3,(H,13,14)(H,15,16). The van der Waals surface area contributed by atoms with E-state index in [4.69, 9.17) is 9.52 Å². The van der Waals surface area contributed by atoms with Crippen molar-refractivity contribution in [2.24, 2.45) is 5.92 Å². The third-order valence-electron chi connectivity index (χ3n) is 2.92. The Morgan fingerprint density at radius 2 is 2.11 bits per heavy atom. The molecule has 1 amide bonds. The van der Waals surface area contributed by atoms with E-state index in [2.05, 4.69) is 5.32 Å². The molecule has 1 heterocycles. The highest BCUT2D eigenvalue weighted by atomic mass is 16.4. The van der Waals surface area contributed by atoms with Crippen molar-refractivity contribution in [2.45, 2.75) is 26.4 Å². The van der Waals surface area contributed by atoms with Crippen molar-refractivity contribution in [3.05, 3.63) is 23.7 Å². The maximum absolute atomic E-state index is 11.6. The molecular weight excluding hydrogens is 238 g/mol. The summed E-state index contributed by atoms with van der Waals surface area (Å²) in [6.07, 6.45) is 0.998. The molecule has 1 aromatic heterocycles. The lowest BCUT2D eigenvalue weighted by Crippen LogP contribution is -2.44. The van der Waals surface area contributed by atoms with Gasteiger partial charge in [-0.05, 0) is 12.8 Å². The number of carbonyl (C=O) groups is 2. The minimum atomic E-state index is -1.16. The van der Waals surface area contributed by atoms with Crippen LogP contribution in [-0.4, -0.2) is 34.2 Å². The van der Waals surface area contributed by atoms with Crippen molar-refractivity contribution in [1.29, 1.82) is 0 Å². The molecule has 6 heteroatoms. The highest BCUT2D eigenvalue weighted by Crippen LogP contribution is 2.15. The summed E-state index contributed by atoms with van der Waals surface area (Å²) >= 11 is 0. The fourth-order valence-electron chi connectivity index (χ4n) is 1.12. The van der Waals surface area contributed by atoms with Crippen LogP contribution >= 0.6 is 0 Å². The summed E-state index contributed by atoms with van der Waals surface area (Å²) in [4.78, 5) is 22.3. The van der Waals surface area contributed by atoms with Crippen molar-refractivity contribution in [1.82, 2.24) is 5.32 Å². The molecule has 0 spiro atoms. The zero-order valence-corrected chi connectivity index (χ0v) is 10.6. The van der Waals surface area contributed by atoms with Gasteiger partial charge < -0.3 is 19.9 Å². The number of hydrogen-bond donors (Lipinski definition) is 3. The molecule has 18 heavy (non-hydrogen) atoms. The van der Waals surface area contributed by atoms with Crippen LogP contribution < -0.4 is 5.32 Å². The van der Waals surface area contributed by atoms with Crippen molar-refractivity contribution in [2.75, 3.05) is 6.54 Å². The summed E-state index contributed by atoms with van der Waals surface area (Å²) in [5.41, 5.74) is -1.12. The lowest BCUT2D eigenvalue weighted by molar-refractivity contribution is 0.0139. The van der Waals surface area contributed by atoms with Gasteiger partial charge in [0.1, 0.15) is 6.26 Å². The molecular formula is C12H17NO5. The minimum Gasteiger partial charge on any atom is -0.478 e. The summed E-state index contributed by atoms with van der Waals surface area (Å²) in [6.45, 7) is 5.35. The molecule has 0 aliphatic heterocycles. The van der Waals surface area contributed by atoms with Crippen LogP contribution in [0.25, 0.3) is 0 Å². The lowest BCUT2D eigenvalue weighted by atomic mass is 9.92. The number of aromatic carboxylic acids is 1. The number of nitrogens with one attached hydrogen (secondary N) is 1. The molecule has 0 bridgehead atoms. The van der Waals surface area contributed by atoms with Gasteiger partial charge in [0.05, 0.1) is 11.2 Å². The van der Waals surface area contributed by atoms with Gasteiger partial charge in [0.25, 0.3) is 5.91 Å². The molecule has 3 N–H and O–H groups in total. The van der Waals surface area contributed by atoms with Gasteiger partial charge in [0.2, 0.25) is 0 Å². The third kappa shape index (κ3) is 3.33. The Morgan fingerprint density at radius 1 is 1.50 bits per heavy atom. The van der Waals surface area contributed by atoms with Gasteiger partial charge in [-0.3, -0.25) is 4.79 Å². The van der Waals surface area contributed by atoms with Crippen molar-refractivity contribution < 1.29 is 24.2 Å². The van der Waals surface area contributed by atoms with Gasteiger partial charge in [0, 0.05) is 12.6 Å². The van der Waals surface area contributed by atoms with Crippen molar-refractivity contribution in [3.8, 4) is 0 Å². The van der Waals surface area contributed by atoms with Crippen LogP contribution in [0.5, 0.6) is 0 Å². The molecule has 0 aliphatic carbocycles. The van der Waals surface area contributed by atoms with E-state index in [-0.39, 0.29) is 23.8 Å². The van der Waals surface area contributed by atoms with E-state index >= 15 is 0 Å². The van der Waals surface area contributed by atoms with Gasteiger partial charge in [-0.25, -0.2) is 4.79 Å².